The van der Waals surface area contributed by atoms with Crippen molar-refractivity contribution in [3.8, 4) is 0 Å². The zero-order valence-electron chi connectivity index (χ0n) is 12.3. The number of carboxylic acid groups (broad SMARTS) is 1. The molecule has 1 aromatic rings. The van der Waals surface area contributed by atoms with E-state index in [-0.39, 0.29) is 11.1 Å². The van der Waals surface area contributed by atoms with Gasteiger partial charge in [-0.1, -0.05) is 18.9 Å². The molecular weight excluding hydrogens is 273 g/mol. The van der Waals surface area contributed by atoms with E-state index in [1.807, 2.05) is 0 Å². The summed E-state index contributed by atoms with van der Waals surface area (Å²) in [6.45, 7) is 3.31. The Morgan fingerprint density at radius 1 is 1.38 bits per heavy atom. The van der Waals surface area contributed by atoms with Gasteiger partial charge in [-0.3, -0.25) is 9.59 Å². The Labute approximate surface area is 123 Å². The standard InChI is InChI=1S/C16H20FNO3/c1-10-11(6-5-8-13(10)17)14(19)18-16(2)9-4-3-7-12(16)15(20)21/h5-6,8,12H,3-4,7,9H2,1-2H3,(H,18,19)(H,20,21). The Morgan fingerprint density at radius 2 is 2.10 bits per heavy atom. The molecular formula is C16H20FNO3. The fraction of sp³-hybridized carbons (Fsp3) is 0.500. The molecule has 0 saturated heterocycles. The molecule has 21 heavy (non-hydrogen) atoms. The summed E-state index contributed by atoms with van der Waals surface area (Å²) < 4.78 is 13.5. The highest BCUT2D eigenvalue weighted by atomic mass is 19.1. The van der Waals surface area contributed by atoms with Crippen LogP contribution in [0, 0.1) is 18.7 Å². The molecule has 0 heterocycles. The average Bonchev–Trinajstić information content (AvgIpc) is 2.41. The van der Waals surface area contributed by atoms with Gasteiger partial charge in [0.05, 0.1) is 11.5 Å². The second kappa shape index (κ2) is 5.84. The minimum absolute atomic E-state index is 0.255. The fourth-order valence-corrected chi connectivity index (χ4v) is 3.06. The van der Waals surface area contributed by atoms with Gasteiger partial charge in [0.15, 0.2) is 0 Å². The number of amides is 1. The van der Waals surface area contributed by atoms with E-state index >= 15 is 0 Å². The predicted molar refractivity (Wildman–Crippen MR) is 76.6 cm³/mol. The van der Waals surface area contributed by atoms with Gasteiger partial charge in [0.1, 0.15) is 5.82 Å². The molecule has 2 atom stereocenters. The molecule has 1 saturated carbocycles. The van der Waals surface area contributed by atoms with Crippen LogP contribution in [0.4, 0.5) is 4.39 Å². The summed E-state index contributed by atoms with van der Waals surface area (Å²) in [6, 6.07) is 4.33. The number of benzene rings is 1. The molecule has 2 rings (SSSR count). The molecule has 1 aliphatic rings. The van der Waals surface area contributed by atoms with E-state index in [4.69, 9.17) is 0 Å². The zero-order chi connectivity index (χ0) is 15.6. The number of rotatable bonds is 3. The molecule has 0 bridgehead atoms. The summed E-state index contributed by atoms with van der Waals surface area (Å²) in [6.07, 6.45) is 2.89. The monoisotopic (exact) mass is 293 g/mol. The van der Waals surface area contributed by atoms with E-state index in [0.717, 1.165) is 12.8 Å². The van der Waals surface area contributed by atoms with Crippen LogP contribution in [0.5, 0.6) is 0 Å². The minimum atomic E-state index is -0.895. The molecule has 1 aromatic carbocycles. The number of hydrogen-bond donors (Lipinski definition) is 2. The van der Waals surface area contributed by atoms with Gasteiger partial charge < -0.3 is 10.4 Å². The molecule has 4 nitrogen and oxygen atoms in total. The normalized spacial score (nSPS) is 25.4. The highest BCUT2D eigenvalue weighted by Gasteiger charge is 2.42. The van der Waals surface area contributed by atoms with Gasteiger partial charge in [0.2, 0.25) is 0 Å². The van der Waals surface area contributed by atoms with E-state index in [1.165, 1.54) is 12.1 Å². The van der Waals surface area contributed by atoms with E-state index in [9.17, 15) is 19.1 Å². The topological polar surface area (TPSA) is 66.4 Å². The second-order valence-corrected chi connectivity index (χ2v) is 5.92. The van der Waals surface area contributed by atoms with Crippen LogP contribution >= 0.6 is 0 Å². The van der Waals surface area contributed by atoms with Crippen molar-refractivity contribution in [3.63, 3.8) is 0 Å². The first-order valence-electron chi connectivity index (χ1n) is 7.15. The number of carbonyl (C=O) groups excluding carboxylic acids is 1. The van der Waals surface area contributed by atoms with Crippen molar-refractivity contribution in [2.75, 3.05) is 0 Å². The zero-order valence-corrected chi connectivity index (χ0v) is 12.3. The van der Waals surface area contributed by atoms with Crippen LogP contribution in [0.2, 0.25) is 0 Å². The Balaban J connectivity index is 2.24. The highest BCUT2D eigenvalue weighted by molar-refractivity contribution is 5.96. The molecule has 114 valence electrons. The maximum atomic E-state index is 13.5. The van der Waals surface area contributed by atoms with Crippen molar-refractivity contribution in [1.82, 2.24) is 5.32 Å². The molecule has 5 heteroatoms. The van der Waals surface area contributed by atoms with Gasteiger partial charge in [-0.25, -0.2) is 4.39 Å². The third-order valence-corrected chi connectivity index (χ3v) is 4.42. The summed E-state index contributed by atoms with van der Waals surface area (Å²) in [5, 5.41) is 12.2. The van der Waals surface area contributed by atoms with Crippen LogP contribution in [0.1, 0.15) is 48.5 Å². The van der Waals surface area contributed by atoms with Gasteiger partial charge in [-0.2, -0.15) is 0 Å². The van der Waals surface area contributed by atoms with Gasteiger partial charge in [0.25, 0.3) is 5.91 Å². The quantitative estimate of drug-likeness (QED) is 0.900. The SMILES string of the molecule is Cc1c(F)cccc1C(=O)NC1(C)CCCCC1C(=O)O. The molecule has 0 spiro atoms. The van der Waals surface area contributed by atoms with Crippen LogP contribution in [-0.4, -0.2) is 22.5 Å². The minimum Gasteiger partial charge on any atom is -0.481 e. The fourth-order valence-electron chi connectivity index (χ4n) is 3.06. The molecule has 2 N–H and O–H groups in total. The largest absolute Gasteiger partial charge is 0.481 e. The summed E-state index contributed by atoms with van der Waals surface area (Å²) in [5.74, 6) is -2.36. The maximum absolute atomic E-state index is 13.5. The van der Waals surface area contributed by atoms with Gasteiger partial charge in [0, 0.05) is 5.56 Å². The molecule has 0 radical (unpaired) electrons. The molecule has 0 aliphatic heterocycles. The lowest BCUT2D eigenvalue weighted by Crippen LogP contribution is -2.55. The van der Waals surface area contributed by atoms with Gasteiger partial charge in [-0.15, -0.1) is 0 Å². The Kier molecular flexibility index (Phi) is 4.30. The smallest absolute Gasteiger partial charge is 0.308 e. The Bertz CT molecular complexity index is 573. The van der Waals surface area contributed by atoms with Crippen LogP contribution < -0.4 is 5.32 Å². The average molecular weight is 293 g/mol. The number of carbonyl (C=O) groups is 2. The van der Waals surface area contributed by atoms with Crippen LogP contribution in [-0.2, 0) is 4.79 Å². The first kappa shape index (κ1) is 15.5. The second-order valence-electron chi connectivity index (χ2n) is 5.92. The number of aliphatic carboxylic acids is 1. The summed E-state index contributed by atoms with van der Waals surface area (Å²) in [4.78, 5) is 23.8. The maximum Gasteiger partial charge on any atom is 0.308 e. The lowest BCUT2D eigenvalue weighted by atomic mass is 9.73. The van der Waals surface area contributed by atoms with Crippen molar-refractivity contribution in [2.45, 2.75) is 45.1 Å². The Hall–Kier alpha value is -1.91. The summed E-state index contributed by atoms with van der Waals surface area (Å²) in [7, 11) is 0. The Morgan fingerprint density at radius 3 is 2.76 bits per heavy atom. The van der Waals surface area contributed by atoms with E-state index < -0.39 is 29.2 Å². The lowest BCUT2D eigenvalue weighted by molar-refractivity contribution is -0.145. The third-order valence-electron chi connectivity index (χ3n) is 4.42. The molecule has 1 amide bonds. The van der Waals surface area contributed by atoms with Crippen molar-refractivity contribution in [3.05, 3.63) is 35.1 Å². The highest BCUT2D eigenvalue weighted by Crippen LogP contribution is 2.34. The number of halogens is 1. The first-order valence-corrected chi connectivity index (χ1v) is 7.15. The van der Waals surface area contributed by atoms with Crippen molar-refractivity contribution >= 4 is 11.9 Å². The van der Waals surface area contributed by atoms with E-state index in [0.29, 0.717) is 12.8 Å². The van der Waals surface area contributed by atoms with Gasteiger partial charge in [-0.05, 0) is 44.4 Å². The van der Waals surface area contributed by atoms with Gasteiger partial charge >= 0.3 is 5.97 Å². The molecule has 0 aromatic heterocycles. The number of nitrogens with one attached hydrogen (secondary N) is 1. The van der Waals surface area contributed by atoms with Crippen LogP contribution in [0.15, 0.2) is 18.2 Å². The lowest BCUT2D eigenvalue weighted by Gasteiger charge is -2.39. The summed E-state index contributed by atoms with van der Waals surface area (Å²) >= 11 is 0. The summed E-state index contributed by atoms with van der Waals surface area (Å²) in [5.41, 5.74) is -0.257. The van der Waals surface area contributed by atoms with E-state index in [2.05, 4.69) is 5.32 Å². The molecule has 1 aliphatic carbocycles. The molecule has 2 unspecified atom stereocenters. The predicted octanol–water partition coefficient (Wildman–Crippen LogP) is 2.90. The number of carboxylic acids is 1. The van der Waals surface area contributed by atoms with E-state index in [1.54, 1.807) is 19.9 Å². The first-order chi connectivity index (χ1) is 9.85. The van der Waals surface area contributed by atoms with Crippen LogP contribution in [0.3, 0.4) is 0 Å². The van der Waals surface area contributed by atoms with Crippen LogP contribution in [0.25, 0.3) is 0 Å². The van der Waals surface area contributed by atoms with Crippen molar-refractivity contribution < 1.29 is 19.1 Å². The molecule has 1 fully saturated rings. The van der Waals surface area contributed by atoms with Crippen molar-refractivity contribution in [1.29, 1.82) is 0 Å². The third kappa shape index (κ3) is 3.06. The number of hydrogen-bond acceptors (Lipinski definition) is 2. The van der Waals surface area contributed by atoms with Crippen molar-refractivity contribution in [2.24, 2.45) is 5.92 Å².